The summed E-state index contributed by atoms with van der Waals surface area (Å²) in [4.78, 5) is 0.603. The largest absolute Gasteiger partial charge is 0.493 e. The fourth-order valence-corrected chi connectivity index (χ4v) is 2.20. The Kier molecular flexibility index (Phi) is 7.00. The second-order valence-electron chi connectivity index (χ2n) is 6.05. The van der Waals surface area contributed by atoms with Gasteiger partial charge in [0.1, 0.15) is 5.75 Å². The number of ether oxygens (including phenoxy) is 1. The minimum absolute atomic E-state index is 0.465. The lowest BCUT2D eigenvalue weighted by Crippen LogP contribution is -2.08. The zero-order chi connectivity index (χ0) is 15.1. The smallest absolute Gasteiger partial charge is 0.122 e. The Bertz CT molecular complexity index is 441. The highest BCUT2D eigenvalue weighted by molar-refractivity contribution is 7.80. The molecule has 112 valence electrons. The Balaban J connectivity index is 2.75. The van der Waals surface area contributed by atoms with E-state index in [0.717, 1.165) is 31.6 Å². The summed E-state index contributed by atoms with van der Waals surface area (Å²) < 4.78 is 5.92. The average Bonchev–Trinajstić information content (AvgIpc) is 2.36. The van der Waals surface area contributed by atoms with E-state index in [1.807, 2.05) is 0 Å². The zero-order valence-corrected chi connectivity index (χ0v) is 13.9. The first kappa shape index (κ1) is 17.0. The van der Waals surface area contributed by atoms with Gasteiger partial charge in [-0.2, -0.15) is 0 Å². The molecular weight excluding hydrogens is 266 g/mol. The zero-order valence-electron chi connectivity index (χ0n) is 13.1. The van der Waals surface area contributed by atoms with Crippen LogP contribution in [0.2, 0.25) is 0 Å². The van der Waals surface area contributed by atoms with Crippen LogP contribution in [-0.2, 0) is 6.42 Å². The minimum atomic E-state index is 0.465. The molecule has 0 aliphatic rings. The van der Waals surface area contributed by atoms with Gasteiger partial charge in [0.2, 0.25) is 0 Å². The van der Waals surface area contributed by atoms with E-state index in [-0.39, 0.29) is 0 Å². The third-order valence-corrected chi connectivity index (χ3v) is 3.36. The molecule has 0 radical (unpaired) electrons. The van der Waals surface area contributed by atoms with Crippen molar-refractivity contribution in [1.29, 1.82) is 0 Å². The van der Waals surface area contributed by atoms with E-state index in [4.69, 9.17) is 22.7 Å². The minimum Gasteiger partial charge on any atom is -0.493 e. The molecule has 1 aromatic carbocycles. The molecule has 0 amide bonds. The fourth-order valence-electron chi connectivity index (χ4n) is 2.06. The van der Waals surface area contributed by atoms with Gasteiger partial charge >= 0.3 is 0 Å². The molecule has 0 aliphatic heterocycles. The second kappa shape index (κ2) is 8.25. The van der Waals surface area contributed by atoms with Crippen molar-refractivity contribution in [3.8, 4) is 5.75 Å². The van der Waals surface area contributed by atoms with E-state index >= 15 is 0 Å². The fraction of sp³-hybridized carbons (Fsp3) is 0.588. The molecule has 0 saturated carbocycles. The van der Waals surface area contributed by atoms with Gasteiger partial charge in [0.15, 0.2) is 0 Å². The van der Waals surface area contributed by atoms with Gasteiger partial charge in [-0.1, -0.05) is 52.0 Å². The summed E-state index contributed by atoms with van der Waals surface area (Å²) in [5, 5.41) is 0. The van der Waals surface area contributed by atoms with Crippen molar-refractivity contribution >= 4 is 17.2 Å². The van der Waals surface area contributed by atoms with Gasteiger partial charge in [0, 0.05) is 0 Å². The van der Waals surface area contributed by atoms with Crippen LogP contribution in [0.4, 0.5) is 0 Å². The van der Waals surface area contributed by atoms with Crippen LogP contribution in [0.1, 0.15) is 57.6 Å². The van der Waals surface area contributed by atoms with E-state index < -0.39 is 0 Å². The Morgan fingerprint density at radius 2 is 1.95 bits per heavy atom. The summed E-state index contributed by atoms with van der Waals surface area (Å²) >= 11 is 4.92. The average molecular weight is 293 g/mol. The van der Waals surface area contributed by atoms with E-state index in [0.29, 0.717) is 16.8 Å². The molecular formula is C17H27NOS. The Labute approximate surface area is 128 Å². The molecule has 0 heterocycles. The number of aryl methyl sites for hydroxylation is 1. The SMILES string of the molecule is CC(C)COc1ccc(CCCC(N)=S)cc1C(C)C. The van der Waals surface area contributed by atoms with Gasteiger partial charge in [0.25, 0.3) is 0 Å². The first-order valence-corrected chi connectivity index (χ1v) is 7.85. The third-order valence-electron chi connectivity index (χ3n) is 3.16. The quantitative estimate of drug-likeness (QED) is 0.719. The van der Waals surface area contributed by atoms with Crippen molar-refractivity contribution in [3.63, 3.8) is 0 Å². The number of hydrogen-bond acceptors (Lipinski definition) is 2. The van der Waals surface area contributed by atoms with E-state index in [1.165, 1.54) is 11.1 Å². The molecule has 0 fully saturated rings. The molecule has 3 heteroatoms. The van der Waals surface area contributed by atoms with E-state index in [2.05, 4.69) is 45.9 Å². The van der Waals surface area contributed by atoms with Gasteiger partial charge in [0.05, 0.1) is 11.6 Å². The van der Waals surface area contributed by atoms with Gasteiger partial charge in [-0.05, 0) is 48.3 Å². The van der Waals surface area contributed by atoms with Crippen LogP contribution in [0.15, 0.2) is 18.2 Å². The van der Waals surface area contributed by atoms with Gasteiger partial charge in [-0.3, -0.25) is 0 Å². The van der Waals surface area contributed by atoms with Gasteiger partial charge in [-0.25, -0.2) is 0 Å². The van der Waals surface area contributed by atoms with Crippen LogP contribution in [0, 0.1) is 5.92 Å². The Morgan fingerprint density at radius 1 is 1.25 bits per heavy atom. The molecule has 0 spiro atoms. The van der Waals surface area contributed by atoms with Crippen molar-refractivity contribution < 1.29 is 4.74 Å². The molecule has 1 rings (SSSR count). The monoisotopic (exact) mass is 293 g/mol. The van der Waals surface area contributed by atoms with Crippen molar-refractivity contribution in [3.05, 3.63) is 29.3 Å². The standard InChI is InChI=1S/C17H27NOS/c1-12(2)11-19-16-9-8-14(6-5-7-17(18)20)10-15(16)13(3)4/h8-10,12-13H,5-7,11H2,1-4H3,(H2,18,20). The maximum absolute atomic E-state index is 5.92. The molecule has 0 atom stereocenters. The predicted molar refractivity (Wildman–Crippen MR) is 90.6 cm³/mol. The van der Waals surface area contributed by atoms with Crippen molar-refractivity contribution in [2.75, 3.05) is 6.61 Å². The van der Waals surface area contributed by atoms with E-state index in [9.17, 15) is 0 Å². The topological polar surface area (TPSA) is 35.2 Å². The third kappa shape index (κ3) is 5.91. The summed E-state index contributed by atoms with van der Waals surface area (Å²) in [6.07, 6.45) is 2.85. The van der Waals surface area contributed by atoms with Crippen LogP contribution < -0.4 is 10.5 Å². The lowest BCUT2D eigenvalue weighted by atomic mass is 9.97. The molecule has 1 aromatic rings. The highest BCUT2D eigenvalue weighted by Crippen LogP contribution is 2.28. The first-order valence-electron chi connectivity index (χ1n) is 7.44. The molecule has 20 heavy (non-hydrogen) atoms. The number of thiocarbonyl (C=S) groups is 1. The normalized spacial score (nSPS) is 11.1. The maximum Gasteiger partial charge on any atom is 0.122 e. The molecule has 2 nitrogen and oxygen atoms in total. The van der Waals surface area contributed by atoms with Crippen molar-refractivity contribution in [2.24, 2.45) is 11.7 Å². The number of benzene rings is 1. The highest BCUT2D eigenvalue weighted by Gasteiger charge is 2.10. The molecule has 0 unspecified atom stereocenters. The van der Waals surface area contributed by atoms with Crippen LogP contribution in [0.5, 0.6) is 5.75 Å². The van der Waals surface area contributed by atoms with Crippen LogP contribution >= 0.6 is 12.2 Å². The lowest BCUT2D eigenvalue weighted by Gasteiger charge is -2.17. The summed E-state index contributed by atoms with van der Waals surface area (Å²) in [5.41, 5.74) is 8.16. The number of rotatable bonds is 8. The number of hydrogen-bond donors (Lipinski definition) is 1. The van der Waals surface area contributed by atoms with Gasteiger partial charge in [-0.15, -0.1) is 0 Å². The summed E-state index contributed by atoms with van der Waals surface area (Å²) in [6, 6.07) is 6.52. The Morgan fingerprint density at radius 3 is 2.50 bits per heavy atom. The second-order valence-corrected chi connectivity index (χ2v) is 6.58. The molecule has 0 aliphatic carbocycles. The van der Waals surface area contributed by atoms with Crippen LogP contribution in [0.3, 0.4) is 0 Å². The first-order chi connectivity index (χ1) is 9.40. The summed E-state index contributed by atoms with van der Waals surface area (Å²) in [7, 11) is 0. The van der Waals surface area contributed by atoms with Crippen molar-refractivity contribution in [1.82, 2.24) is 0 Å². The van der Waals surface area contributed by atoms with Crippen molar-refractivity contribution in [2.45, 2.75) is 52.9 Å². The molecule has 2 N–H and O–H groups in total. The molecule has 0 aromatic heterocycles. The lowest BCUT2D eigenvalue weighted by molar-refractivity contribution is 0.267. The van der Waals surface area contributed by atoms with E-state index in [1.54, 1.807) is 0 Å². The highest BCUT2D eigenvalue weighted by atomic mass is 32.1. The van der Waals surface area contributed by atoms with Crippen LogP contribution in [0.25, 0.3) is 0 Å². The maximum atomic E-state index is 5.92. The molecule has 0 bridgehead atoms. The predicted octanol–water partition coefficient (Wildman–Crippen LogP) is 4.45. The van der Waals surface area contributed by atoms with Gasteiger partial charge < -0.3 is 10.5 Å². The number of nitrogens with two attached hydrogens (primary N) is 1. The summed E-state index contributed by atoms with van der Waals surface area (Å²) in [5.74, 6) is 2.03. The summed E-state index contributed by atoms with van der Waals surface area (Å²) in [6.45, 7) is 9.51. The van der Waals surface area contributed by atoms with Crippen LogP contribution in [-0.4, -0.2) is 11.6 Å². The molecule has 0 saturated heterocycles. The Hall–Kier alpha value is -1.09.